The normalized spacial score (nSPS) is 19.2. The van der Waals surface area contributed by atoms with E-state index in [1.165, 1.54) is 315 Å². The molecule has 784 valence electrons. The Morgan fingerprint density at radius 3 is 0.910 bits per heavy atom. The number of amides is 2. The van der Waals surface area contributed by atoms with Gasteiger partial charge in [0.25, 0.3) is 0 Å². The first-order chi connectivity index (χ1) is 64.9. The number of esters is 4. The fourth-order valence-electron chi connectivity index (χ4n) is 19.4. The van der Waals surface area contributed by atoms with Crippen molar-refractivity contribution in [1.29, 1.82) is 0 Å². The van der Waals surface area contributed by atoms with Gasteiger partial charge in [0.2, 0.25) is 11.8 Å². The van der Waals surface area contributed by atoms with Gasteiger partial charge in [-0.05, 0) is 51.9 Å². The molecule has 14 atom stereocenters. The second-order valence-corrected chi connectivity index (χ2v) is 41.1. The molecule has 2 rings (SSSR count). The number of cyclic esters (lactones) is 1. The van der Waals surface area contributed by atoms with E-state index in [9.17, 15) is 64.5 Å². The highest BCUT2D eigenvalue weighted by atomic mass is 16.7. The molecule has 9 N–H and O–H groups in total. The third kappa shape index (κ3) is 73.3. The Balaban J connectivity index is 2.34. The van der Waals surface area contributed by atoms with Gasteiger partial charge < -0.3 is 74.8 Å². The summed E-state index contributed by atoms with van der Waals surface area (Å²) in [6, 6.07) is -3.35. The molecule has 2 saturated heterocycles. The quantitative estimate of drug-likeness (QED) is 0.0155. The Bertz CT molecular complexity index is 2640. The molecule has 0 aromatic heterocycles. The summed E-state index contributed by atoms with van der Waals surface area (Å²) in [4.78, 5) is 85.3. The molecule has 0 bridgehead atoms. The molecule has 133 heavy (non-hydrogen) atoms. The maximum absolute atomic E-state index is 14.9. The number of nitrogens with one attached hydrogen (secondary N) is 2. The number of aliphatic hydroxyl groups excluding tert-OH is 7. The minimum absolute atomic E-state index is 0.167. The second kappa shape index (κ2) is 91.0. The summed E-state index contributed by atoms with van der Waals surface area (Å²) in [5, 5.41) is 83.9. The van der Waals surface area contributed by atoms with E-state index in [1.54, 1.807) is 0 Å². The predicted octanol–water partition coefficient (Wildman–Crippen LogP) is 26.8. The van der Waals surface area contributed by atoms with E-state index in [-0.39, 0.29) is 18.9 Å². The maximum Gasteiger partial charge on any atom is 0.333 e. The number of ether oxygens (including phenoxy) is 6. The first-order valence-electron chi connectivity index (χ1n) is 57.2. The molecule has 0 aliphatic carbocycles. The number of hydrogen-bond donors (Lipinski definition) is 9. The molecule has 2 fully saturated rings. The van der Waals surface area contributed by atoms with Gasteiger partial charge in [0.15, 0.2) is 30.6 Å². The predicted molar refractivity (Wildman–Crippen MR) is 542 cm³/mol. The maximum atomic E-state index is 14.9. The zero-order valence-corrected chi connectivity index (χ0v) is 86.6. The fourth-order valence-corrected chi connectivity index (χ4v) is 19.4. The molecule has 0 radical (unpaired) electrons. The van der Waals surface area contributed by atoms with Crippen molar-refractivity contribution in [2.45, 2.75) is 666 Å². The van der Waals surface area contributed by atoms with Crippen LogP contribution in [0.2, 0.25) is 0 Å². The lowest BCUT2D eigenvalue weighted by molar-refractivity contribution is -0.283. The van der Waals surface area contributed by atoms with Crippen molar-refractivity contribution in [3.05, 3.63) is 0 Å². The van der Waals surface area contributed by atoms with Crippen LogP contribution in [-0.4, -0.2) is 170 Å². The molecule has 21 nitrogen and oxygen atoms in total. The zero-order chi connectivity index (χ0) is 96.7. The van der Waals surface area contributed by atoms with E-state index in [1.807, 2.05) is 6.92 Å². The van der Waals surface area contributed by atoms with E-state index < -0.39 is 148 Å². The standard InChI is InChI=1S/C112H212N2O19/c1-6-10-14-18-22-26-30-45-52-58-64-70-76-82-94(117)87-100(120)113-105-109(132-103(123)88-95(118)83-77-71-65-59-53-46-31-27-23-19-15-11-7-2)108(126)99(130-111(105)127)92-128-112-106(110(107(125)98(91-115)131-112)133-104(124)89-96(119)84-78-72-66-60-54-47-32-28-24-20-16-12-8-3)114-101(121)90-97(85-79-73-67-61-55-48-33-29-25-21-17-13-9-4)129-102(122)86-80-74-68-62-56-50-44-42-40-38-36-34-35-37-39-41-43-49-51-57-63-69-75-81-93(5)116/h93-99,105-110,112,115-119,125-126H,6-92H2,1-5H3,(H,113,120)(H,114,121)/t93?,94-,95-,96-,97-,98-,99-,105-,106-,107-,108-,109-,110-,112-/m1/s1. The van der Waals surface area contributed by atoms with Gasteiger partial charge in [-0.1, -0.05) is 496 Å². The second-order valence-electron chi connectivity index (χ2n) is 41.1. The SMILES string of the molecule is CCCCCCCCCCCCCCC[C@@H](O)CC(=O)N[C@H]1C(=O)O[C@H](CO[C@@H]2O[C@H](CO)[C@@H](O)[C@H](OC(=O)C[C@H](O)CCCCCCCCCCCCCCC)[C@H]2NC(=O)C[C@@H](CCCCCCCCCCCCCCC)OC(=O)CCCCCCCCCCCCCCCCCCCCCCCCCC(C)O)[C@@H](O)[C@@H]1OC(=O)C[C@H](O)CCCCCCCCCCCCCCC. The number of unbranched alkanes of at least 4 members (excludes halogenated alkanes) is 70. The van der Waals surface area contributed by atoms with Gasteiger partial charge in [0.05, 0.1) is 63.3 Å². The van der Waals surface area contributed by atoms with Gasteiger partial charge in [-0.2, -0.15) is 0 Å². The summed E-state index contributed by atoms with van der Waals surface area (Å²) in [5.41, 5.74) is 0. The number of hydrogen-bond acceptors (Lipinski definition) is 19. The number of aliphatic hydroxyl groups is 7. The van der Waals surface area contributed by atoms with Crippen molar-refractivity contribution in [2.24, 2.45) is 0 Å². The largest absolute Gasteiger partial charge is 0.462 e. The van der Waals surface area contributed by atoms with Gasteiger partial charge >= 0.3 is 23.9 Å². The molecule has 0 aromatic rings. The van der Waals surface area contributed by atoms with E-state index in [0.717, 1.165) is 141 Å². The van der Waals surface area contributed by atoms with Crippen LogP contribution in [0.4, 0.5) is 0 Å². The van der Waals surface area contributed by atoms with Crippen LogP contribution in [0.25, 0.3) is 0 Å². The molecule has 2 heterocycles. The Kier molecular flexibility index (Phi) is 85.9. The lowest BCUT2D eigenvalue weighted by atomic mass is 9.95. The summed E-state index contributed by atoms with van der Waals surface area (Å²) < 4.78 is 36.7. The lowest BCUT2D eigenvalue weighted by Gasteiger charge is -2.44. The van der Waals surface area contributed by atoms with E-state index in [2.05, 4.69) is 38.3 Å². The monoisotopic (exact) mass is 1890 g/mol. The first kappa shape index (κ1) is 126. The van der Waals surface area contributed by atoms with Crippen molar-refractivity contribution >= 4 is 35.7 Å². The minimum atomic E-state index is -1.91. The van der Waals surface area contributed by atoms with Crippen LogP contribution < -0.4 is 10.6 Å². The molecule has 2 aliphatic heterocycles. The summed E-state index contributed by atoms with van der Waals surface area (Å²) in [6.07, 6.45) is 72.3. The van der Waals surface area contributed by atoms with Crippen LogP contribution in [0, 0.1) is 0 Å². The highest BCUT2D eigenvalue weighted by Crippen LogP contribution is 2.31. The van der Waals surface area contributed by atoms with Crippen molar-refractivity contribution < 1.29 is 92.9 Å². The fraction of sp³-hybridized carbons (Fsp3) is 0.946. The molecule has 2 aliphatic rings. The molecule has 2 amide bonds. The molecular formula is C112H212N2O19. The third-order valence-corrected chi connectivity index (χ3v) is 28.0. The van der Waals surface area contributed by atoms with E-state index in [4.69, 9.17) is 28.4 Å². The van der Waals surface area contributed by atoms with Crippen molar-refractivity contribution in [1.82, 2.24) is 10.6 Å². The van der Waals surface area contributed by atoms with Gasteiger partial charge in [0, 0.05) is 6.42 Å². The number of rotatable bonds is 99. The highest BCUT2D eigenvalue weighted by Gasteiger charge is 2.52. The third-order valence-electron chi connectivity index (χ3n) is 28.0. The van der Waals surface area contributed by atoms with Crippen molar-refractivity contribution in [3.8, 4) is 0 Å². The van der Waals surface area contributed by atoms with Crippen LogP contribution in [0.5, 0.6) is 0 Å². The topological polar surface area (TPSA) is 323 Å². The Hall–Kier alpha value is -3.54. The van der Waals surface area contributed by atoms with Crippen LogP contribution >= 0.6 is 0 Å². The van der Waals surface area contributed by atoms with Gasteiger partial charge in [-0.15, -0.1) is 0 Å². The molecule has 1 unspecified atom stereocenters. The zero-order valence-electron chi connectivity index (χ0n) is 86.6. The van der Waals surface area contributed by atoms with Crippen LogP contribution in [0.15, 0.2) is 0 Å². The molecule has 0 saturated carbocycles. The van der Waals surface area contributed by atoms with Gasteiger partial charge in [0.1, 0.15) is 30.5 Å². The average molecular weight is 1890 g/mol. The summed E-state index contributed by atoms with van der Waals surface area (Å²) in [7, 11) is 0. The minimum Gasteiger partial charge on any atom is -0.462 e. The molecular weight excluding hydrogens is 1680 g/mol. The average Bonchev–Trinajstić information content (AvgIpc) is 0.782. The van der Waals surface area contributed by atoms with Crippen LogP contribution in [0.3, 0.4) is 0 Å². The van der Waals surface area contributed by atoms with Crippen molar-refractivity contribution in [3.63, 3.8) is 0 Å². The van der Waals surface area contributed by atoms with Crippen LogP contribution in [-0.2, 0) is 57.2 Å². The first-order valence-corrected chi connectivity index (χ1v) is 57.2. The molecule has 0 aromatic carbocycles. The lowest BCUT2D eigenvalue weighted by Crippen LogP contribution is -2.67. The Morgan fingerprint density at radius 1 is 0.323 bits per heavy atom. The van der Waals surface area contributed by atoms with Crippen LogP contribution in [0.1, 0.15) is 580 Å². The molecule has 21 heteroatoms. The van der Waals surface area contributed by atoms with Gasteiger partial charge in [-0.3, -0.25) is 24.0 Å². The highest BCUT2D eigenvalue weighted by molar-refractivity contribution is 5.86. The van der Waals surface area contributed by atoms with E-state index in [0.29, 0.717) is 57.8 Å². The van der Waals surface area contributed by atoms with Gasteiger partial charge in [-0.25, -0.2) is 4.79 Å². The summed E-state index contributed by atoms with van der Waals surface area (Å²) in [6.45, 7) is 9.24. The summed E-state index contributed by atoms with van der Waals surface area (Å²) >= 11 is 0. The van der Waals surface area contributed by atoms with Crippen molar-refractivity contribution in [2.75, 3.05) is 13.2 Å². The summed E-state index contributed by atoms with van der Waals surface area (Å²) in [5.74, 6) is -4.82. The van der Waals surface area contributed by atoms with E-state index >= 15 is 0 Å². The number of carbonyl (C=O) groups excluding carboxylic acids is 6. The smallest absolute Gasteiger partial charge is 0.333 e. The Labute approximate surface area is 814 Å². The molecule has 0 spiro atoms. The number of carbonyl (C=O) groups is 6. The Morgan fingerprint density at radius 2 is 0.594 bits per heavy atom.